The number of phosphoric ester groups is 1. The van der Waals surface area contributed by atoms with Crippen LogP contribution in [0.2, 0.25) is 0 Å². The summed E-state index contributed by atoms with van der Waals surface area (Å²) in [5, 5.41) is 14.0. The minimum atomic E-state index is -4.60. The molecule has 0 aromatic carbocycles. The van der Waals surface area contributed by atoms with E-state index in [2.05, 4.69) is 55.6 Å². The van der Waals surface area contributed by atoms with Gasteiger partial charge in [-0.25, -0.2) is 0 Å². The summed E-state index contributed by atoms with van der Waals surface area (Å²) in [7, 11) is 1.28. The Bertz CT molecular complexity index is 1490. The Balaban J connectivity index is 3.95. The molecule has 0 saturated heterocycles. The van der Waals surface area contributed by atoms with E-state index < -0.39 is 20.0 Å². The normalized spacial score (nSPS) is 13.9. The first-order valence-electron chi connectivity index (χ1n) is 36.5. The largest absolute Gasteiger partial charge is 0.756 e. The van der Waals surface area contributed by atoms with Gasteiger partial charge in [0.1, 0.15) is 13.2 Å². The molecule has 2 N–H and O–H groups in total. The highest BCUT2D eigenvalue weighted by Gasteiger charge is 2.23. The summed E-state index contributed by atoms with van der Waals surface area (Å²) < 4.78 is 23.5. The Morgan fingerprint density at radius 3 is 1.01 bits per heavy atom. The van der Waals surface area contributed by atoms with Crippen LogP contribution in [0.4, 0.5) is 0 Å². The van der Waals surface area contributed by atoms with Crippen LogP contribution in [0.1, 0.15) is 367 Å². The molecule has 0 aliphatic rings. The number of nitrogens with zero attached hydrogens (tertiary/aromatic N) is 1. The number of allylic oxidation sites excluding steroid dienone is 7. The molecule has 0 aliphatic heterocycles. The molecular weight excluding hydrogens is 1040 g/mol. The lowest BCUT2D eigenvalue weighted by atomic mass is 10.0. The number of carbonyl (C=O) groups excluding carboxylic acids is 1. The first-order valence-corrected chi connectivity index (χ1v) is 38.0. The van der Waals surface area contributed by atoms with Gasteiger partial charge in [-0.1, -0.05) is 351 Å². The molecule has 0 aromatic heterocycles. The van der Waals surface area contributed by atoms with Crippen LogP contribution in [0.5, 0.6) is 0 Å². The maximum absolute atomic E-state index is 13.0. The van der Waals surface area contributed by atoms with Crippen LogP contribution in [0.15, 0.2) is 48.6 Å². The number of rotatable bonds is 68. The van der Waals surface area contributed by atoms with Crippen molar-refractivity contribution in [1.29, 1.82) is 0 Å². The van der Waals surface area contributed by atoms with Crippen molar-refractivity contribution in [2.45, 2.75) is 379 Å². The molecule has 83 heavy (non-hydrogen) atoms. The van der Waals surface area contributed by atoms with Gasteiger partial charge in [0, 0.05) is 6.42 Å². The fraction of sp³-hybridized carbons (Fsp3) is 0.878. The van der Waals surface area contributed by atoms with Gasteiger partial charge in [0.15, 0.2) is 0 Å². The van der Waals surface area contributed by atoms with Crippen molar-refractivity contribution in [3.63, 3.8) is 0 Å². The van der Waals surface area contributed by atoms with Gasteiger partial charge >= 0.3 is 0 Å². The molecule has 0 aromatic rings. The molecule has 0 fully saturated rings. The number of nitrogens with one attached hydrogen (secondary N) is 1. The third-order valence-corrected chi connectivity index (χ3v) is 17.7. The number of aliphatic hydroxyl groups is 1. The molecule has 3 atom stereocenters. The van der Waals surface area contributed by atoms with Crippen molar-refractivity contribution >= 4 is 13.7 Å². The number of quaternary nitrogens is 1. The van der Waals surface area contributed by atoms with Crippen LogP contribution in [-0.4, -0.2) is 68.5 Å². The quantitative estimate of drug-likeness (QED) is 0.0272. The third-order valence-electron chi connectivity index (χ3n) is 16.8. The predicted octanol–water partition coefficient (Wildman–Crippen LogP) is 22.8. The molecule has 0 radical (unpaired) electrons. The summed E-state index contributed by atoms with van der Waals surface area (Å²) >= 11 is 0. The summed E-state index contributed by atoms with van der Waals surface area (Å²) in [4.78, 5) is 25.6. The molecule has 9 heteroatoms. The lowest BCUT2D eigenvalue weighted by Gasteiger charge is -2.29. The van der Waals surface area contributed by atoms with Crippen LogP contribution in [0.25, 0.3) is 0 Å². The number of carbonyl (C=O) groups is 1. The van der Waals surface area contributed by atoms with E-state index in [4.69, 9.17) is 9.05 Å². The van der Waals surface area contributed by atoms with E-state index in [0.717, 1.165) is 51.4 Å². The number of amides is 1. The number of hydrogen-bond acceptors (Lipinski definition) is 6. The Morgan fingerprint density at radius 1 is 0.422 bits per heavy atom. The van der Waals surface area contributed by atoms with E-state index in [1.165, 1.54) is 295 Å². The summed E-state index contributed by atoms with van der Waals surface area (Å²) in [6, 6.07) is -0.886. The minimum Gasteiger partial charge on any atom is -0.756 e. The number of likely N-dealkylation sites (N-methyl/N-ethyl adjacent to an activating group) is 1. The number of hydrogen-bond donors (Lipinski definition) is 2. The Kier molecular flexibility index (Phi) is 63.7. The van der Waals surface area contributed by atoms with Gasteiger partial charge in [-0.2, -0.15) is 0 Å². The first-order chi connectivity index (χ1) is 40.5. The fourth-order valence-corrected chi connectivity index (χ4v) is 11.8. The van der Waals surface area contributed by atoms with E-state index >= 15 is 0 Å². The molecule has 0 bridgehead atoms. The van der Waals surface area contributed by atoms with Crippen molar-refractivity contribution < 1.29 is 32.9 Å². The van der Waals surface area contributed by atoms with Gasteiger partial charge in [0.05, 0.1) is 39.9 Å². The van der Waals surface area contributed by atoms with Gasteiger partial charge in [-0.15, -0.1) is 0 Å². The van der Waals surface area contributed by atoms with Crippen molar-refractivity contribution in [3.05, 3.63) is 48.6 Å². The third kappa shape index (κ3) is 67.8. The average molecular weight is 1190 g/mol. The highest BCUT2D eigenvalue weighted by Crippen LogP contribution is 2.38. The highest BCUT2D eigenvalue weighted by atomic mass is 31.2. The van der Waals surface area contributed by atoms with Crippen molar-refractivity contribution in [3.8, 4) is 0 Å². The molecule has 0 saturated carbocycles. The van der Waals surface area contributed by atoms with Crippen molar-refractivity contribution in [2.75, 3.05) is 40.9 Å². The molecule has 1 amide bonds. The molecular formula is C74H143N2O6P. The zero-order chi connectivity index (χ0) is 60.5. The van der Waals surface area contributed by atoms with Gasteiger partial charge in [0.2, 0.25) is 5.91 Å². The van der Waals surface area contributed by atoms with Crippen LogP contribution in [-0.2, 0) is 18.4 Å². The summed E-state index contributed by atoms with van der Waals surface area (Å²) in [5.74, 6) is -0.190. The Labute approximate surface area is 518 Å². The predicted molar refractivity (Wildman–Crippen MR) is 362 cm³/mol. The maximum atomic E-state index is 13.0. The zero-order valence-corrected chi connectivity index (χ0v) is 57.1. The number of aliphatic hydroxyl groups excluding tert-OH is 1. The zero-order valence-electron chi connectivity index (χ0n) is 56.2. The number of unbranched alkanes of at least 4 members (excludes halogenated alkanes) is 49. The lowest BCUT2D eigenvalue weighted by Crippen LogP contribution is -2.45. The molecule has 0 spiro atoms. The SMILES string of the molecule is CCCCCCC/C=C\C/C=C\C/C=C\CCCCCCCCCCCCCCCCCCCCCCCCCCC(=O)NC(COP(=O)([O-])OCC[N+](C)(C)C)C(O)/C=C/CCCCCCCCCCCCCCCCCCCCCC. The van der Waals surface area contributed by atoms with Crippen LogP contribution in [0.3, 0.4) is 0 Å². The molecule has 0 heterocycles. The topological polar surface area (TPSA) is 108 Å². The van der Waals surface area contributed by atoms with E-state index in [9.17, 15) is 19.4 Å². The van der Waals surface area contributed by atoms with Crippen LogP contribution in [0, 0.1) is 0 Å². The van der Waals surface area contributed by atoms with Gasteiger partial charge in [-0.3, -0.25) is 9.36 Å². The second kappa shape index (κ2) is 64.9. The van der Waals surface area contributed by atoms with E-state index in [-0.39, 0.29) is 19.1 Å². The Morgan fingerprint density at radius 2 is 0.699 bits per heavy atom. The molecule has 0 rings (SSSR count). The average Bonchev–Trinajstić information content (AvgIpc) is 3.50. The molecule has 3 unspecified atom stereocenters. The van der Waals surface area contributed by atoms with Crippen molar-refractivity contribution in [1.82, 2.24) is 5.32 Å². The summed E-state index contributed by atoms with van der Waals surface area (Å²) in [6.45, 7) is 4.69. The fourth-order valence-electron chi connectivity index (χ4n) is 11.1. The van der Waals surface area contributed by atoms with E-state index in [1.54, 1.807) is 6.08 Å². The second-order valence-electron chi connectivity index (χ2n) is 26.3. The first kappa shape index (κ1) is 81.5. The number of phosphoric acid groups is 1. The summed E-state index contributed by atoms with van der Waals surface area (Å²) in [5.41, 5.74) is 0. The molecule has 8 nitrogen and oxygen atoms in total. The standard InChI is InChI=1S/C74H143N2O6P/c1-6-8-10-12-14-16-18-20-22-24-26-28-30-31-32-33-34-35-36-37-38-39-40-41-42-43-44-45-46-48-50-52-54-56-58-60-62-64-66-68-74(78)75-72(71-82-83(79,80)81-70-69-76(3,4)5)73(77)67-65-63-61-59-57-55-53-51-49-47-29-27-25-23-21-19-17-15-13-11-9-7-2/h18,20,24,26,30-31,65,67,72-73,77H,6-17,19,21-23,25,27-29,32-64,66,68-71H2,1-5H3,(H-,75,78,79,80)/b20-18-,26-24-,31-30-,67-65+. The Hall–Kier alpha value is -1.54. The minimum absolute atomic E-state index is 0.000952. The molecule has 0 aliphatic carbocycles. The van der Waals surface area contributed by atoms with Gasteiger partial charge < -0.3 is 28.8 Å². The smallest absolute Gasteiger partial charge is 0.268 e. The van der Waals surface area contributed by atoms with E-state index in [0.29, 0.717) is 17.4 Å². The van der Waals surface area contributed by atoms with Gasteiger partial charge in [0.25, 0.3) is 7.82 Å². The van der Waals surface area contributed by atoms with Gasteiger partial charge in [-0.05, 0) is 57.8 Å². The molecule has 490 valence electrons. The van der Waals surface area contributed by atoms with E-state index in [1.807, 2.05) is 27.2 Å². The van der Waals surface area contributed by atoms with Crippen molar-refractivity contribution in [2.24, 2.45) is 0 Å². The second-order valence-corrected chi connectivity index (χ2v) is 27.7. The highest BCUT2D eigenvalue weighted by molar-refractivity contribution is 7.45. The van der Waals surface area contributed by atoms with Crippen LogP contribution < -0.4 is 10.2 Å². The lowest BCUT2D eigenvalue weighted by molar-refractivity contribution is -0.870. The maximum Gasteiger partial charge on any atom is 0.268 e. The monoisotopic (exact) mass is 1190 g/mol. The van der Waals surface area contributed by atoms with Crippen LogP contribution >= 0.6 is 7.82 Å². The summed E-state index contributed by atoms with van der Waals surface area (Å²) in [6.07, 6.45) is 88.2.